The van der Waals surface area contributed by atoms with E-state index in [2.05, 4.69) is 0 Å². The molecule has 2 aromatic rings. The van der Waals surface area contributed by atoms with Crippen molar-refractivity contribution >= 4 is 0 Å². The molecule has 0 saturated heterocycles. The lowest BCUT2D eigenvalue weighted by atomic mass is 10.1. The van der Waals surface area contributed by atoms with Crippen molar-refractivity contribution in [2.75, 3.05) is 26.2 Å². The van der Waals surface area contributed by atoms with Crippen molar-refractivity contribution in [3.63, 3.8) is 0 Å². The molecule has 0 aliphatic carbocycles. The van der Waals surface area contributed by atoms with Crippen LogP contribution in [0.25, 0.3) is 0 Å². The summed E-state index contributed by atoms with van der Waals surface area (Å²) in [4.78, 5) is 0. The van der Waals surface area contributed by atoms with Gasteiger partial charge in [0.1, 0.15) is 5.75 Å². The second-order valence-corrected chi connectivity index (χ2v) is 6.05. The van der Waals surface area contributed by atoms with Crippen LogP contribution in [0.4, 0.5) is 0 Å². The Morgan fingerprint density at radius 2 is 1.90 bits per heavy atom. The lowest BCUT2D eigenvalue weighted by Gasteiger charge is -2.14. The van der Waals surface area contributed by atoms with Gasteiger partial charge in [0.25, 0.3) is 0 Å². The Hall–Kier alpha value is -1.92. The summed E-state index contributed by atoms with van der Waals surface area (Å²) in [6.45, 7) is -10.1. The highest BCUT2D eigenvalue weighted by molar-refractivity contribution is 5.36. The minimum atomic E-state index is -4.18. The summed E-state index contributed by atoms with van der Waals surface area (Å²) >= 11 is 0. The zero-order valence-corrected chi connectivity index (χ0v) is 16.4. The van der Waals surface area contributed by atoms with Crippen molar-refractivity contribution in [3.05, 3.63) is 65.1 Å². The van der Waals surface area contributed by atoms with Gasteiger partial charge in [-0.1, -0.05) is 49.1 Å². The van der Waals surface area contributed by atoms with E-state index in [0.29, 0.717) is 12.8 Å². The quantitative estimate of drug-likeness (QED) is 0.301. The molecular formula is C25H37NO4. The summed E-state index contributed by atoms with van der Waals surface area (Å²) in [6, 6.07) is 6.24. The number of aromatic hydroxyl groups is 1. The van der Waals surface area contributed by atoms with E-state index in [1.54, 1.807) is 5.32 Å². The van der Waals surface area contributed by atoms with E-state index >= 15 is 0 Å². The van der Waals surface area contributed by atoms with Crippen LogP contribution in [0.5, 0.6) is 5.75 Å². The van der Waals surface area contributed by atoms with Gasteiger partial charge in [0.05, 0.1) is 20.9 Å². The highest BCUT2D eigenvalue weighted by atomic mass is 16.5. The van der Waals surface area contributed by atoms with Gasteiger partial charge in [0.15, 0.2) is 0 Å². The molecule has 0 fully saturated rings. The summed E-state index contributed by atoms with van der Waals surface area (Å²) < 4.78 is 135. The van der Waals surface area contributed by atoms with Crippen LogP contribution < -0.4 is 5.32 Å². The van der Waals surface area contributed by atoms with E-state index in [4.69, 9.17) is 26.7 Å². The minimum Gasteiger partial charge on any atom is -0.508 e. The molecule has 0 aliphatic rings. The highest BCUT2D eigenvalue weighted by Crippen LogP contribution is 2.22. The number of phenols is 1. The molecule has 1 atom stereocenters. The van der Waals surface area contributed by atoms with Crippen molar-refractivity contribution in [1.82, 2.24) is 5.32 Å². The van der Waals surface area contributed by atoms with E-state index in [1.807, 2.05) is 30.3 Å². The van der Waals surface area contributed by atoms with E-state index in [9.17, 15) is 15.3 Å². The number of aliphatic hydroxyl groups is 2. The first kappa shape index (κ1) is 10.1. The fourth-order valence-electron chi connectivity index (χ4n) is 2.31. The lowest BCUT2D eigenvalue weighted by Crippen LogP contribution is -2.22. The first-order valence-corrected chi connectivity index (χ1v) is 9.33. The number of unbranched alkanes of at least 4 members (excludes halogenated alkanes) is 1. The minimum absolute atomic E-state index is 0.215. The maximum atomic E-state index is 10.7. The monoisotopic (exact) mass is 431 g/mol. The van der Waals surface area contributed by atoms with Crippen LogP contribution in [0, 0.1) is 0 Å². The molecular weight excluding hydrogens is 378 g/mol. The Morgan fingerprint density at radius 1 is 1.10 bits per heavy atom. The molecule has 0 bridgehead atoms. The third-order valence-corrected chi connectivity index (χ3v) is 3.84. The van der Waals surface area contributed by atoms with Gasteiger partial charge in [-0.25, -0.2) is 0 Å². The number of aryl methyl sites for hydroxylation is 1. The number of nitrogens with one attached hydrogen (secondary N) is 1. The molecule has 5 heteroatoms. The predicted octanol–water partition coefficient (Wildman–Crippen LogP) is 4.11. The summed E-state index contributed by atoms with van der Waals surface area (Å²) in [6.07, 6.45) is -18.2. The fraction of sp³-hybridized carbons (Fsp3) is 0.520. The van der Waals surface area contributed by atoms with Gasteiger partial charge in [0.2, 0.25) is 0 Å². The third kappa shape index (κ3) is 9.72. The number of ether oxygens (including phenoxy) is 1. The standard InChI is InChI=1S/C25H37NO4/c27-20-23-18-22(13-14-24(23)28)25(29)19-26-15-7-1-2-8-16-30-17-9-6-12-21-10-4-3-5-11-21/h3-5,10-11,13-14,18,25-29H,1-2,6-9,12,15-17,19-20H2/i1D2,2D2,7D2,8D2,13D,14D,15D2,16D2,18D,25D. The third-order valence-electron chi connectivity index (χ3n) is 3.84. The Bertz CT molecular complexity index is 1360. The molecule has 2 rings (SSSR count). The van der Waals surface area contributed by atoms with Gasteiger partial charge >= 0.3 is 0 Å². The second kappa shape index (κ2) is 15.0. The first-order valence-electron chi connectivity index (χ1n) is 17.3. The van der Waals surface area contributed by atoms with Crippen molar-refractivity contribution in [3.8, 4) is 5.75 Å². The summed E-state index contributed by atoms with van der Waals surface area (Å²) in [5.74, 6) is -0.975. The molecule has 0 heterocycles. The zero-order valence-electron chi connectivity index (χ0n) is 32.4. The van der Waals surface area contributed by atoms with E-state index in [-0.39, 0.29) is 6.42 Å². The maximum absolute atomic E-state index is 10.7. The van der Waals surface area contributed by atoms with Gasteiger partial charge in [-0.05, 0) is 61.7 Å². The second-order valence-electron chi connectivity index (χ2n) is 6.05. The average Bonchev–Trinajstić information content (AvgIpc) is 2.95. The Balaban J connectivity index is 2.28. The smallest absolute Gasteiger partial charge is 0.121 e. The summed E-state index contributed by atoms with van der Waals surface area (Å²) in [7, 11) is 0. The lowest BCUT2D eigenvalue weighted by molar-refractivity contribution is 0.126. The normalized spacial score (nSPS) is 23.9. The molecule has 166 valence electrons. The van der Waals surface area contributed by atoms with Gasteiger partial charge in [-0.15, -0.1) is 0 Å². The molecule has 0 amide bonds. The van der Waals surface area contributed by atoms with E-state index in [0.717, 1.165) is 5.56 Å². The van der Waals surface area contributed by atoms with Crippen LogP contribution in [-0.2, 0) is 17.8 Å². The Labute approximate surface area is 203 Å². The van der Waals surface area contributed by atoms with E-state index in [1.165, 1.54) is 0 Å². The van der Waals surface area contributed by atoms with Crippen LogP contribution in [0.15, 0.2) is 48.5 Å². The van der Waals surface area contributed by atoms with Crippen LogP contribution in [0.2, 0.25) is 0 Å². The van der Waals surface area contributed by atoms with Gasteiger partial charge in [-0.2, -0.15) is 0 Å². The number of benzene rings is 2. The zero-order chi connectivity index (χ0) is 35.7. The number of aliphatic hydroxyl groups excluding tert-OH is 1. The van der Waals surface area contributed by atoms with Gasteiger partial charge in [-0.3, -0.25) is 0 Å². The van der Waals surface area contributed by atoms with Crippen LogP contribution >= 0.6 is 0 Å². The molecule has 2 aromatic carbocycles. The topological polar surface area (TPSA) is 82.0 Å². The molecule has 4 N–H and O–H groups in total. The van der Waals surface area contributed by atoms with Crippen molar-refractivity contribution in [2.24, 2.45) is 0 Å². The summed E-state index contributed by atoms with van der Waals surface area (Å²) in [5, 5.41) is 31.8. The van der Waals surface area contributed by atoms with Crippen molar-refractivity contribution in [2.45, 2.75) is 57.4 Å². The highest BCUT2D eigenvalue weighted by Gasteiger charge is 2.09. The Morgan fingerprint density at radius 3 is 2.70 bits per heavy atom. The predicted molar refractivity (Wildman–Crippen MR) is 121 cm³/mol. The molecule has 0 spiro atoms. The number of hydrogen-bond acceptors (Lipinski definition) is 5. The molecule has 0 saturated carbocycles. The van der Waals surface area contributed by atoms with Crippen LogP contribution in [0.1, 0.15) is 83.0 Å². The van der Waals surface area contributed by atoms with Gasteiger partial charge in [0, 0.05) is 39.0 Å². The summed E-state index contributed by atoms with van der Waals surface area (Å²) in [5.41, 5.74) is -0.648. The first-order chi connectivity index (χ1) is 20.7. The molecule has 0 aromatic heterocycles. The molecule has 30 heavy (non-hydrogen) atoms. The average molecular weight is 432 g/mol. The van der Waals surface area contributed by atoms with Gasteiger partial charge < -0.3 is 25.4 Å². The van der Waals surface area contributed by atoms with Crippen LogP contribution in [-0.4, -0.2) is 41.5 Å². The van der Waals surface area contributed by atoms with Crippen molar-refractivity contribution in [1.29, 1.82) is 0 Å². The molecule has 0 aliphatic heterocycles. The fourth-order valence-corrected chi connectivity index (χ4v) is 2.31. The van der Waals surface area contributed by atoms with Crippen LogP contribution in [0.3, 0.4) is 0 Å². The number of hydrogen-bond donors (Lipinski definition) is 4. The molecule has 0 radical (unpaired) electrons. The maximum Gasteiger partial charge on any atom is 0.121 e. The largest absolute Gasteiger partial charge is 0.508 e. The van der Waals surface area contributed by atoms with E-state index < -0.39 is 99.4 Å². The SMILES string of the molecule is [2H]c1c([2H])c(C([2H])(O)CNC([2H])([2H])C([2H])([2H])C([2H])([2H])C([2H])([2H])C([2H])([2H])C([2H])([2H])OCCCCc2ccccc2)c([2H])c(CO)c1O. The van der Waals surface area contributed by atoms with Crippen molar-refractivity contribution < 1.29 is 42.0 Å². The molecule has 5 nitrogen and oxygen atoms in total. The number of rotatable bonds is 16. The molecule has 1 unspecified atom stereocenters. The Kier molecular flexibility index (Phi) is 5.06.